The molecule has 0 bridgehead atoms. The molecule has 2 heterocycles. The summed E-state index contributed by atoms with van der Waals surface area (Å²) >= 11 is 0. The smallest absolute Gasteiger partial charge is 0.549 e. The largest absolute Gasteiger partial charge is 2.00 e. The van der Waals surface area contributed by atoms with Crippen LogP contribution < -0.4 is 20.8 Å². The molecule has 124 valence electrons. The number of carbonyl (C=O) groups is 4. The molecule has 23 heavy (non-hydrogen) atoms. The van der Waals surface area contributed by atoms with Crippen LogP contribution in [0.4, 0.5) is 0 Å². The zero-order valence-electron chi connectivity index (χ0n) is 13.0. The normalized spacial score (nSPS) is 24.3. The first-order chi connectivity index (χ1) is 10.4. The van der Waals surface area contributed by atoms with Crippen LogP contribution in [0.5, 0.6) is 0 Å². The van der Waals surface area contributed by atoms with Gasteiger partial charge in [-0.1, -0.05) is 12.8 Å². The van der Waals surface area contributed by atoms with E-state index in [-0.39, 0.29) is 23.1 Å². The summed E-state index contributed by atoms with van der Waals surface area (Å²) in [6, 6.07) is 0. The predicted octanol–water partition coefficient (Wildman–Crippen LogP) is -3.08. The van der Waals surface area contributed by atoms with Gasteiger partial charge in [0.05, 0.1) is 23.8 Å². The van der Waals surface area contributed by atoms with Crippen LogP contribution in [0.2, 0.25) is 0 Å². The van der Waals surface area contributed by atoms with Crippen molar-refractivity contribution in [1.29, 1.82) is 0 Å². The Bertz CT molecular complexity index is 403. The first-order valence-electron chi connectivity index (χ1n) is 7.40. The van der Waals surface area contributed by atoms with Crippen LogP contribution in [0.15, 0.2) is 0 Å². The summed E-state index contributed by atoms with van der Waals surface area (Å²) < 4.78 is 0. The zero-order valence-corrected chi connectivity index (χ0v) is 14.4. The molecule has 8 nitrogen and oxygen atoms in total. The first kappa shape index (κ1) is 21.6. The van der Waals surface area contributed by atoms with Crippen molar-refractivity contribution in [2.45, 2.75) is 38.5 Å². The minimum atomic E-state index is -1.26. The molecular formula is C14H20MgN2O6. The van der Waals surface area contributed by atoms with Gasteiger partial charge in [-0.3, -0.25) is 9.59 Å². The molecule has 2 aliphatic rings. The SMILES string of the molecule is O=C([O-])C1CCCCNC1=O.O=C([O-])C1CCCCNC1=O.[Mg+2]. The average Bonchev–Trinajstić information content (AvgIpc) is 2.79. The number of amides is 2. The third kappa shape index (κ3) is 7.64. The van der Waals surface area contributed by atoms with E-state index in [9.17, 15) is 29.4 Å². The maximum Gasteiger partial charge on any atom is 2.00 e. The van der Waals surface area contributed by atoms with Crippen LogP contribution in [-0.2, 0) is 19.2 Å². The number of hydrogen-bond donors (Lipinski definition) is 2. The second-order valence-electron chi connectivity index (χ2n) is 5.32. The van der Waals surface area contributed by atoms with Gasteiger partial charge in [-0.25, -0.2) is 0 Å². The molecule has 2 aliphatic heterocycles. The third-order valence-electron chi connectivity index (χ3n) is 3.64. The molecule has 9 heteroatoms. The summed E-state index contributed by atoms with van der Waals surface area (Å²) in [4.78, 5) is 42.5. The van der Waals surface area contributed by atoms with Gasteiger partial charge in [0.2, 0.25) is 11.8 Å². The average molecular weight is 337 g/mol. The van der Waals surface area contributed by atoms with Gasteiger partial charge < -0.3 is 30.4 Å². The summed E-state index contributed by atoms with van der Waals surface area (Å²) in [7, 11) is 0. The van der Waals surface area contributed by atoms with Crippen molar-refractivity contribution in [3.05, 3.63) is 0 Å². The van der Waals surface area contributed by atoms with Gasteiger partial charge in [-0.05, 0) is 25.7 Å². The van der Waals surface area contributed by atoms with Gasteiger partial charge in [-0.2, -0.15) is 0 Å². The zero-order chi connectivity index (χ0) is 16.5. The monoisotopic (exact) mass is 336 g/mol. The quantitative estimate of drug-likeness (QED) is 0.405. The van der Waals surface area contributed by atoms with Gasteiger partial charge in [0.15, 0.2) is 0 Å². The van der Waals surface area contributed by atoms with E-state index >= 15 is 0 Å². The number of hydrogen-bond acceptors (Lipinski definition) is 6. The van der Waals surface area contributed by atoms with E-state index < -0.39 is 35.6 Å². The van der Waals surface area contributed by atoms with Crippen LogP contribution in [0, 0.1) is 11.8 Å². The maximum atomic E-state index is 10.9. The molecule has 2 N–H and O–H groups in total. The fourth-order valence-corrected chi connectivity index (χ4v) is 2.33. The van der Waals surface area contributed by atoms with E-state index in [4.69, 9.17) is 0 Å². The number of aliphatic carboxylic acids is 2. The van der Waals surface area contributed by atoms with E-state index in [1.54, 1.807) is 0 Å². The van der Waals surface area contributed by atoms with Crippen LogP contribution in [0.1, 0.15) is 38.5 Å². The first-order valence-corrected chi connectivity index (χ1v) is 7.40. The molecule has 0 saturated carbocycles. The van der Waals surface area contributed by atoms with Crippen molar-refractivity contribution in [2.75, 3.05) is 13.1 Å². The summed E-state index contributed by atoms with van der Waals surface area (Å²) in [5.74, 6) is -5.19. The molecule has 0 aliphatic carbocycles. The summed E-state index contributed by atoms with van der Waals surface area (Å²) in [6.45, 7) is 1.17. The van der Waals surface area contributed by atoms with E-state index in [0.717, 1.165) is 25.7 Å². The molecule has 2 unspecified atom stereocenters. The number of nitrogens with one attached hydrogen (secondary N) is 2. The third-order valence-corrected chi connectivity index (χ3v) is 3.64. The Kier molecular flexibility index (Phi) is 10.6. The molecule has 0 aromatic heterocycles. The maximum absolute atomic E-state index is 10.9. The predicted molar refractivity (Wildman–Crippen MR) is 76.5 cm³/mol. The standard InChI is InChI=1S/2C7H11NO3.Mg/c2*9-6-5(7(10)11)3-1-2-4-8-6;/h2*5H,1-4H2,(H,8,9)(H,10,11);/q;;+2/p-2. The number of rotatable bonds is 2. The molecule has 2 atom stereocenters. The molecule has 2 amide bonds. The second kappa shape index (κ2) is 11.2. The number of carboxylic acid groups (broad SMARTS) is 2. The molecule has 2 rings (SSSR count). The van der Waals surface area contributed by atoms with Crippen molar-refractivity contribution in [3.8, 4) is 0 Å². The van der Waals surface area contributed by atoms with Gasteiger partial charge in [0.25, 0.3) is 0 Å². The summed E-state index contributed by atoms with van der Waals surface area (Å²) in [5, 5.41) is 25.7. The molecule has 0 spiro atoms. The topological polar surface area (TPSA) is 138 Å². The minimum Gasteiger partial charge on any atom is -0.549 e. The Hall–Kier alpha value is -1.35. The second-order valence-corrected chi connectivity index (χ2v) is 5.32. The fraction of sp³-hybridized carbons (Fsp3) is 0.714. The van der Waals surface area contributed by atoms with Crippen LogP contribution >= 0.6 is 0 Å². The molecule has 0 aromatic carbocycles. The van der Waals surface area contributed by atoms with Crippen molar-refractivity contribution in [2.24, 2.45) is 11.8 Å². The van der Waals surface area contributed by atoms with Crippen molar-refractivity contribution < 1.29 is 29.4 Å². The van der Waals surface area contributed by atoms with Gasteiger partial charge in [-0.15, -0.1) is 0 Å². The van der Waals surface area contributed by atoms with Crippen molar-refractivity contribution in [1.82, 2.24) is 10.6 Å². The number of carboxylic acids is 2. The van der Waals surface area contributed by atoms with Gasteiger partial charge >= 0.3 is 23.1 Å². The van der Waals surface area contributed by atoms with E-state index in [2.05, 4.69) is 10.6 Å². The molecule has 2 saturated heterocycles. The van der Waals surface area contributed by atoms with Crippen LogP contribution in [0.25, 0.3) is 0 Å². The molecule has 2 fully saturated rings. The Morgan fingerprint density at radius 3 is 1.43 bits per heavy atom. The number of carbonyl (C=O) groups excluding carboxylic acids is 4. The Morgan fingerprint density at radius 2 is 1.13 bits per heavy atom. The minimum absolute atomic E-state index is 0. The van der Waals surface area contributed by atoms with Gasteiger partial charge in [0.1, 0.15) is 0 Å². The molecular weight excluding hydrogens is 316 g/mol. The summed E-state index contributed by atoms with van der Waals surface area (Å²) in [6.07, 6.45) is 4.09. The van der Waals surface area contributed by atoms with Crippen molar-refractivity contribution >= 4 is 46.8 Å². The van der Waals surface area contributed by atoms with Crippen LogP contribution in [-0.4, -0.2) is 59.9 Å². The fourth-order valence-electron chi connectivity index (χ4n) is 2.33. The van der Waals surface area contributed by atoms with Crippen LogP contribution in [0.3, 0.4) is 0 Å². The van der Waals surface area contributed by atoms with E-state index in [1.165, 1.54) is 0 Å². The summed E-state index contributed by atoms with van der Waals surface area (Å²) in [5.41, 5.74) is 0. The Morgan fingerprint density at radius 1 is 0.783 bits per heavy atom. The van der Waals surface area contributed by atoms with Crippen molar-refractivity contribution in [3.63, 3.8) is 0 Å². The van der Waals surface area contributed by atoms with E-state index in [1.807, 2.05) is 0 Å². The Balaban J connectivity index is 0.000000403. The molecule has 0 aromatic rings. The van der Waals surface area contributed by atoms with Gasteiger partial charge in [0, 0.05) is 13.1 Å². The Labute approximate surface area is 150 Å². The van der Waals surface area contributed by atoms with E-state index in [0.29, 0.717) is 25.9 Å². The molecule has 0 radical (unpaired) electrons.